The lowest BCUT2D eigenvalue weighted by Crippen LogP contribution is -2.14. The van der Waals surface area contributed by atoms with E-state index in [0.29, 0.717) is 5.56 Å². The van der Waals surface area contributed by atoms with E-state index in [4.69, 9.17) is 0 Å². The fourth-order valence-electron chi connectivity index (χ4n) is 2.43. The smallest absolute Gasteiger partial charge is 0.173 e. The summed E-state index contributed by atoms with van der Waals surface area (Å²) in [6.45, 7) is 0.808. The molecule has 0 unspecified atom stereocenters. The predicted octanol–water partition coefficient (Wildman–Crippen LogP) is 3.36. The van der Waals surface area contributed by atoms with Gasteiger partial charge in [-0.05, 0) is 29.8 Å². The summed E-state index contributed by atoms with van der Waals surface area (Å²) in [5.74, 6) is 0.184. The molecule has 3 rings (SSSR count). The van der Waals surface area contributed by atoms with Gasteiger partial charge < -0.3 is 5.32 Å². The standard InChI is InChI=1S/C18H16N2OS/c21-18(12-22)14-8-7-13(16-5-1-3-9-19-16)11-15(14)17-6-2-4-10-20-17/h1-8,10-11,19,22H,9,12H2. The summed E-state index contributed by atoms with van der Waals surface area (Å²) in [6.07, 6.45) is 7.85. The molecular formula is C18H16N2OS. The summed E-state index contributed by atoms with van der Waals surface area (Å²) < 4.78 is 0. The van der Waals surface area contributed by atoms with E-state index in [-0.39, 0.29) is 11.5 Å². The summed E-state index contributed by atoms with van der Waals surface area (Å²) in [7, 11) is 0. The van der Waals surface area contributed by atoms with Crippen LogP contribution >= 0.6 is 12.6 Å². The molecule has 2 heterocycles. The van der Waals surface area contributed by atoms with Gasteiger partial charge in [0.05, 0.1) is 11.4 Å². The fourth-order valence-corrected chi connectivity index (χ4v) is 2.60. The van der Waals surface area contributed by atoms with Gasteiger partial charge in [0, 0.05) is 29.6 Å². The third-order valence-corrected chi connectivity index (χ3v) is 3.81. The molecule has 1 aromatic heterocycles. The van der Waals surface area contributed by atoms with E-state index in [9.17, 15) is 4.79 Å². The second-order valence-electron chi connectivity index (χ2n) is 4.95. The van der Waals surface area contributed by atoms with E-state index < -0.39 is 0 Å². The molecule has 0 radical (unpaired) electrons. The van der Waals surface area contributed by atoms with Crippen LogP contribution in [0.15, 0.2) is 60.8 Å². The number of carbonyl (C=O) groups excluding carboxylic acids is 1. The quantitative estimate of drug-likeness (QED) is 0.672. The van der Waals surface area contributed by atoms with Crippen LogP contribution < -0.4 is 5.32 Å². The van der Waals surface area contributed by atoms with Gasteiger partial charge in [-0.3, -0.25) is 9.78 Å². The largest absolute Gasteiger partial charge is 0.381 e. The molecule has 0 aliphatic carbocycles. The first-order valence-electron chi connectivity index (χ1n) is 7.10. The monoisotopic (exact) mass is 308 g/mol. The number of pyridine rings is 1. The Morgan fingerprint density at radius 1 is 1.27 bits per heavy atom. The second-order valence-corrected chi connectivity index (χ2v) is 5.26. The van der Waals surface area contributed by atoms with Crippen molar-refractivity contribution in [2.75, 3.05) is 12.3 Å². The third-order valence-electron chi connectivity index (χ3n) is 3.52. The highest BCUT2D eigenvalue weighted by molar-refractivity contribution is 7.81. The maximum absolute atomic E-state index is 12.1. The van der Waals surface area contributed by atoms with Crippen molar-refractivity contribution < 1.29 is 4.79 Å². The van der Waals surface area contributed by atoms with E-state index >= 15 is 0 Å². The molecule has 0 spiro atoms. The lowest BCUT2D eigenvalue weighted by molar-refractivity contribution is 0.102. The van der Waals surface area contributed by atoms with Crippen molar-refractivity contribution in [3.05, 3.63) is 72.0 Å². The lowest BCUT2D eigenvalue weighted by atomic mass is 9.96. The zero-order chi connectivity index (χ0) is 15.4. The average molecular weight is 308 g/mol. The summed E-state index contributed by atoms with van der Waals surface area (Å²) in [5.41, 5.74) is 4.38. The molecule has 4 heteroatoms. The molecule has 0 fully saturated rings. The van der Waals surface area contributed by atoms with Crippen LogP contribution in [0.3, 0.4) is 0 Å². The zero-order valence-corrected chi connectivity index (χ0v) is 12.9. The Hall–Kier alpha value is -2.33. The van der Waals surface area contributed by atoms with Crippen LogP contribution in [-0.2, 0) is 0 Å². The van der Waals surface area contributed by atoms with Crippen LogP contribution in [0, 0.1) is 0 Å². The van der Waals surface area contributed by atoms with Crippen molar-refractivity contribution in [1.29, 1.82) is 0 Å². The first-order valence-corrected chi connectivity index (χ1v) is 7.73. The average Bonchev–Trinajstić information content (AvgIpc) is 2.62. The number of thiol groups is 1. The molecule has 1 aliphatic rings. The Kier molecular flexibility index (Phi) is 4.39. The molecule has 0 saturated heterocycles. The zero-order valence-electron chi connectivity index (χ0n) is 12.0. The number of hydrogen-bond acceptors (Lipinski definition) is 4. The van der Waals surface area contributed by atoms with Gasteiger partial charge in [0.2, 0.25) is 0 Å². The van der Waals surface area contributed by atoms with E-state index in [1.807, 2.05) is 48.6 Å². The van der Waals surface area contributed by atoms with Gasteiger partial charge in [-0.15, -0.1) is 0 Å². The van der Waals surface area contributed by atoms with Crippen LogP contribution in [-0.4, -0.2) is 23.1 Å². The van der Waals surface area contributed by atoms with Crippen molar-refractivity contribution >= 4 is 24.1 Å². The van der Waals surface area contributed by atoms with Crippen molar-refractivity contribution in [1.82, 2.24) is 10.3 Å². The Labute approximate surface area is 135 Å². The van der Waals surface area contributed by atoms with Crippen molar-refractivity contribution in [2.45, 2.75) is 0 Å². The topological polar surface area (TPSA) is 42.0 Å². The molecule has 110 valence electrons. The normalized spacial score (nSPS) is 13.4. The SMILES string of the molecule is O=C(CS)c1ccc(C2=CC=CCN2)cc1-c1ccccn1. The minimum atomic E-state index is 0.000940. The van der Waals surface area contributed by atoms with Crippen LogP contribution in [0.1, 0.15) is 15.9 Å². The second kappa shape index (κ2) is 6.62. The van der Waals surface area contributed by atoms with Crippen molar-refractivity contribution in [3.63, 3.8) is 0 Å². The fraction of sp³-hybridized carbons (Fsp3) is 0.111. The Morgan fingerprint density at radius 3 is 2.86 bits per heavy atom. The molecule has 0 amide bonds. The van der Waals surface area contributed by atoms with Crippen molar-refractivity contribution in [3.8, 4) is 11.3 Å². The minimum absolute atomic E-state index is 0.000940. The van der Waals surface area contributed by atoms with Gasteiger partial charge in [-0.2, -0.15) is 12.6 Å². The third kappa shape index (κ3) is 2.97. The van der Waals surface area contributed by atoms with Gasteiger partial charge in [0.1, 0.15) is 0 Å². The first-order chi connectivity index (χ1) is 10.8. The molecule has 1 N–H and O–H groups in total. The van der Waals surface area contributed by atoms with E-state index in [0.717, 1.165) is 29.1 Å². The highest BCUT2D eigenvalue weighted by Gasteiger charge is 2.14. The first kappa shape index (κ1) is 14.6. The molecule has 1 aromatic carbocycles. The van der Waals surface area contributed by atoms with Gasteiger partial charge in [0.15, 0.2) is 5.78 Å². The Morgan fingerprint density at radius 2 is 2.18 bits per heavy atom. The highest BCUT2D eigenvalue weighted by atomic mass is 32.1. The molecule has 22 heavy (non-hydrogen) atoms. The number of aromatic nitrogens is 1. The molecule has 1 aliphatic heterocycles. The van der Waals surface area contributed by atoms with Crippen LogP contribution in [0.25, 0.3) is 17.0 Å². The van der Waals surface area contributed by atoms with Gasteiger partial charge in [-0.25, -0.2) is 0 Å². The van der Waals surface area contributed by atoms with E-state index in [1.165, 1.54) is 0 Å². The molecule has 3 nitrogen and oxygen atoms in total. The molecule has 0 saturated carbocycles. The number of hydrogen-bond donors (Lipinski definition) is 2. The maximum atomic E-state index is 12.1. The number of benzene rings is 1. The summed E-state index contributed by atoms with van der Waals surface area (Å²) >= 11 is 4.11. The summed E-state index contributed by atoms with van der Waals surface area (Å²) in [4.78, 5) is 16.5. The van der Waals surface area contributed by atoms with Crippen LogP contribution in [0.5, 0.6) is 0 Å². The minimum Gasteiger partial charge on any atom is -0.381 e. The number of ketones is 1. The number of carbonyl (C=O) groups is 1. The summed E-state index contributed by atoms with van der Waals surface area (Å²) in [5, 5.41) is 3.33. The molecular weight excluding hydrogens is 292 g/mol. The predicted molar refractivity (Wildman–Crippen MR) is 93.0 cm³/mol. The van der Waals surface area contributed by atoms with Crippen LogP contribution in [0.2, 0.25) is 0 Å². The Bertz CT molecular complexity index is 751. The van der Waals surface area contributed by atoms with Crippen LogP contribution in [0.4, 0.5) is 0 Å². The number of Topliss-reactive ketones (excluding diaryl/α,β-unsaturated/α-hetero) is 1. The molecule has 0 bridgehead atoms. The highest BCUT2D eigenvalue weighted by Crippen LogP contribution is 2.27. The van der Waals surface area contributed by atoms with Gasteiger partial charge in [-0.1, -0.05) is 30.4 Å². The maximum Gasteiger partial charge on any atom is 0.173 e. The summed E-state index contributed by atoms with van der Waals surface area (Å²) in [6, 6.07) is 11.5. The number of dihydropyridines is 1. The number of allylic oxidation sites excluding steroid dienone is 2. The molecule has 0 atom stereocenters. The van der Waals surface area contributed by atoms with E-state index in [1.54, 1.807) is 6.20 Å². The number of nitrogens with zero attached hydrogens (tertiary/aromatic N) is 1. The molecule has 2 aromatic rings. The van der Waals surface area contributed by atoms with Crippen molar-refractivity contribution in [2.24, 2.45) is 0 Å². The van der Waals surface area contributed by atoms with Gasteiger partial charge in [0.25, 0.3) is 0 Å². The number of nitrogens with one attached hydrogen (secondary N) is 1. The number of rotatable bonds is 4. The van der Waals surface area contributed by atoms with E-state index in [2.05, 4.69) is 29.0 Å². The lowest BCUT2D eigenvalue weighted by Gasteiger charge is -2.15. The Balaban J connectivity index is 2.12. The van der Waals surface area contributed by atoms with Gasteiger partial charge >= 0.3 is 0 Å².